The fourth-order valence-electron chi connectivity index (χ4n) is 2.10. The largest absolute Gasteiger partial charge is 0.369 e. The molecule has 0 amide bonds. The molecule has 0 saturated carbocycles. The lowest BCUT2D eigenvalue weighted by molar-refractivity contribution is 1.02. The van der Waals surface area contributed by atoms with Crippen LogP contribution in [0.5, 0.6) is 0 Å². The predicted octanol–water partition coefficient (Wildman–Crippen LogP) is 3.65. The number of hydrogen-bond acceptors (Lipinski definition) is 4. The maximum atomic E-state index is 4.33. The first kappa shape index (κ1) is 12.1. The fourth-order valence-corrected chi connectivity index (χ4v) is 3.01. The van der Waals surface area contributed by atoms with Crippen LogP contribution in [0.3, 0.4) is 0 Å². The maximum Gasteiger partial charge on any atom is 0.137 e. The number of aryl methyl sites for hydroxylation is 1. The van der Waals surface area contributed by atoms with Crippen LogP contribution in [0.25, 0.3) is 10.9 Å². The van der Waals surface area contributed by atoms with Gasteiger partial charge in [0.05, 0.1) is 5.52 Å². The molecule has 0 saturated heterocycles. The van der Waals surface area contributed by atoms with Crippen LogP contribution in [0.1, 0.15) is 10.4 Å². The molecule has 2 aromatic heterocycles. The Labute approximate surface area is 116 Å². The van der Waals surface area contributed by atoms with E-state index in [0.717, 1.165) is 29.7 Å². The quantitative estimate of drug-likeness (QED) is 0.785. The minimum atomic E-state index is 0.891. The lowest BCUT2D eigenvalue weighted by atomic mass is 10.2. The third kappa shape index (κ3) is 2.58. The molecule has 1 N–H and O–H groups in total. The Kier molecular flexibility index (Phi) is 3.42. The van der Waals surface area contributed by atoms with Gasteiger partial charge in [-0.05, 0) is 42.5 Å². The third-order valence-corrected chi connectivity index (χ3v) is 4.24. The van der Waals surface area contributed by atoms with Crippen LogP contribution in [0, 0.1) is 6.92 Å². The first-order valence-corrected chi connectivity index (χ1v) is 7.19. The normalized spacial score (nSPS) is 10.8. The van der Waals surface area contributed by atoms with Crippen molar-refractivity contribution in [2.75, 3.05) is 11.9 Å². The topological polar surface area (TPSA) is 37.8 Å². The van der Waals surface area contributed by atoms with E-state index in [1.165, 1.54) is 10.4 Å². The summed E-state index contributed by atoms with van der Waals surface area (Å²) in [7, 11) is 0. The Morgan fingerprint density at radius 3 is 2.89 bits per heavy atom. The van der Waals surface area contributed by atoms with Gasteiger partial charge < -0.3 is 5.32 Å². The maximum absolute atomic E-state index is 4.33. The van der Waals surface area contributed by atoms with Crippen molar-refractivity contribution in [2.24, 2.45) is 0 Å². The molecule has 1 aromatic carbocycles. The molecule has 3 rings (SSSR count). The number of nitrogens with zero attached hydrogens (tertiary/aromatic N) is 2. The Balaban J connectivity index is 1.74. The molecule has 3 nitrogen and oxygen atoms in total. The number of benzene rings is 1. The molecule has 19 heavy (non-hydrogen) atoms. The Bertz CT molecular complexity index is 685. The Hall–Kier alpha value is -1.94. The van der Waals surface area contributed by atoms with Gasteiger partial charge in [0.1, 0.15) is 12.1 Å². The van der Waals surface area contributed by atoms with Gasteiger partial charge in [0.15, 0.2) is 0 Å². The number of aromatic nitrogens is 2. The summed E-state index contributed by atoms with van der Waals surface area (Å²) in [5, 5.41) is 6.63. The lowest BCUT2D eigenvalue weighted by Gasteiger charge is -2.07. The first-order valence-electron chi connectivity index (χ1n) is 6.31. The smallest absolute Gasteiger partial charge is 0.137 e. The minimum absolute atomic E-state index is 0.891. The van der Waals surface area contributed by atoms with E-state index in [0.29, 0.717) is 0 Å². The number of hydrogen-bond donors (Lipinski definition) is 1. The molecule has 0 aliphatic rings. The van der Waals surface area contributed by atoms with Gasteiger partial charge in [-0.1, -0.05) is 12.1 Å². The van der Waals surface area contributed by atoms with Crippen LogP contribution >= 0.6 is 11.3 Å². The molecule has 0 fully saturated rings. The van der Waals surface area contributed by atoms with E-state index in [1.54, 1.807) is 6.33 Å². The van der Waals surface area contributed by atoms with Crippen LogP contribution < -0.4 is 5.32 Å². The molecule has 0 unspecified atom stereocenters. The number of para-hydroxylation sites is 1. The minimum Gasteiger partial charge on any atom is -0.369 e. The van der Waals surface area contributed by atoms with Crippen molar-refractivity contribution < 1.29 is 0 Å². The number of fused-ring (bicyclic) bond motifs is 1. The van der Waals surface area contributed by atoms with Crippen molar-refractivity contribution in [1.29, 1.82) is 0 Å². The van der Waals surface area contributed by atoms with Crippen LogP contribution in [-0.4, -0.2) is 16.5 Å². The summed E-state index contributed by atoms with van der Waals surface area (Å²) in [5.41, 5.74) is 2.35. The molecule has 4 heteroatoms. The zero-order valence-corrected chi connectivity index (χ0v) is 11.6. The van der Waals surface area contributed by atoms with Gasteiger partial charge in [-0.25, -0.2) is 9.97 Å². The second kappa shape index (κ2) is 5.36. The molecule has 2 heterocycles. The van der Waals surface area contributed by atoms with E-state index >= 15 is 0 Å². The summed E-state index contributed by atoms with van der Waals surface area (Å²) in [6.07, 6.45) is 2.64. The predicted molar refractivity (Wildman–Crippen MR) is 80.8 cm³/mol. The van der Waals surface area contributed by atoms with Crippen molar-refractivity contribution in [2.45, 2.75) is 13.3 Å². The molecular weight excluding hydrogens is 254 g/mol. The molecule has 0 atom stereocenters. The fraction of sp³-hybridized carbons (Fsp3) is 0.200. The molecule has 0 aliphatic heterocycles. The van der Waals surface area contributed by atoms with Gasteiger partial charge in [-0.2, -0.15) is 0 Å². The van der Waals surface area contributed by atoms with Crippen molar-refractivity contribution in [3.8, 4) is 0 Å². The molecule has 0 radical (unpaired) electrons. The highest BCUT2D eigenvalue weighted by Crippen LogP contribution is 2.19. The highest BCUT2D eigenvalue weighted by molar-refractivity contribution is 7.10. The number of thiophene rings is 1. The average Bonchev–Trinajstić information content (AvgIpc) is 2.85. The van der Waals surface area contributed by atoms with E-state index in [-0.39, 0.29) is 0 Å². The SMILES string of the molecule is Cc1ccsc1CCNc1ncnc2ccccc12. The summed E-state index contributed by atoms with van der Waals surface area (Å²) < 4.78 is 0. The van der Waals surface area contributed by atoms with Crippen LogP contribution in [-0.2, 0) is 6.42 Å². The standard InChI is InChI=1S/C15H15N3S/c1-11-7-9-19-14(11)6-8-16-15-12-4-2-3-5-13(12)17-10-18-15/h2-5,7,9-10H,6,8H2,1H3,(H,16,17,18). The van der Waals surface area contributed by atoms with Gasteiger partial charge >= 0.3 is 0 Å². The molecular formula is C15H15N3S. The van der Waals surface area contributed by atoms with Crippen molar-refractivity contribution in [3.63, 3.8) is 0 Å². The second-order valence-electron chi connectivity index (χ2n) is 4.44. The average molecular weight is 269 g/mol. The van der Waals surface area contributed by atoms with E-state index < -0.39 is 0 Å². The van der Waals surface area contributed by atoms with Crippen LogP contribution in [0.15, 0.2) is 42.0 Å². The second-order valence-corrected chi connectivity index (χ2v) is 5.44. The zero-order valence-electron chi connectivity index (χ0n) is 10.8. The molecule has 0 aliphatic carbocycles. The first-order chi connectivity index (χ1) is 9.34. The summed E-state index contributed by atoms with van der Waals surface area (Å²) >= 11 is 1.82. The Morgan fingerprint density at radius 1 is 1.16 bits per heavy atom. The van der Waals surface area contributed by atoms with Gasteiger partial charge in [-0.3, -0.25) is 0 Å². The Morgan fingerprint density at radius 2 is 2.05 bits per heavy atom. The van der Waals surface area contributed by atoms with Crippen molar-refractivity contribution in [1.82, 2.24) is 9.97 Å². The van der Waals surface area contributed by atoms with Crippen LogP contribution in [0.2, 0.25) is 0 Å². The molecule has 96 valence electrons. The highest BCUT2D eigenvalue weighted by atomic mass is 32.1. The van der Waals surface area contributed by atoms with Crippen LogP contribution in [0.4, 0.5) is 5.82 Å². The van der Waals surface area contributed by atoms with E-state index in [9.17, 15) is 0 Å². The van der Waals surface area contributed by atoms with Gasteiger partial charge in [-0.15, -0.1) is 11.3 Å². The van der Waals surface area contributed by atoms with E-state index in [1.807, 2.05) is 35.6 Å². The monoisotopic (exact) mass is 269 g/mol. The molecule has 0 spiro atoms. The summed E-state index contributed by atoms with van der Waals surface area (Å²) in [6.45, 7) is 3.05. The lowest BCUT2D eigenvalue weighted by Crippen LogP contribution is -2.06. The summed E-state index contributed by atoms with van der Waals surface area (Å²) in [4.78, 5) is 10.0. The van der Waals surface area contributed by atoms with E-state index in [4.69, 9.17) is 0 Å². The highest BCUT2D eigenvalue weighted by Gasteiger charge is 2.03. The van der Waals surface area contributed by atoms with E-state index in [2.05, 4.69) is 33.7 Å². The summed E-state index contributed by atoms with van der Waals surface area (Å²) in [6, 6.07) is 10.2. The van der Waals surface area contributed by atoms with Gasteiger partial charge in [0.25, 0.3) is 0 Å². The number of rotatable bonds is 4. The third-order valence-electron chi connectivity index (χ3n) is 3.16. The van der Waals surface area contributed by atoms with Crippen molar-refractivity contribution in [3.05, 3.63) is 52.5 Å². The summed E-state index contributed by atoms with van der Waals surface area (Å²) in [5.74, 6) is 0.916. The van der Waals surface area contributed by atoms with Gasteiger partial charge in [0, 0.05) is 16.8 Å². The number of nitrogens with one attached hydrogen (secondary N) is 1. The zero-order chi connectivity index (χ0) is 13.1. The number of anilines is 1. The molecule has 3 aromatic rings. The van der Waals surface area contributed by atoms with Crippen molar-refractivity contribution >= 4 is 28.1 Å². The van der Waals surface area contributed by atoms with Gasteiger partial charge in [0.2, 0.25) is 0 Å². The molecule has 0 bridgehead atoms.